The highest BCUT2D eigenvalue weighted by molar-refractivity contribution is 7.15. The first kappa shape index (κ1) is 20.3. The van der Waals surface area contributed by atoms with Crippen LogP contribution in [-0.4, -0.2) is 36.2 Å². The van der Waals surface area contributed by atoms with E-state index >= 15 is 0 Å². The Kier molecular flexibility index (Phi) is 6.40. The Hall–Kier alpha value is -3.46. The van der Waals surface area contributed by atoms with Gasteiger partial charge in [-0.15, -0.1) is 10.2 Å². The topological polar surface area (TPSA) is 102 Å². The molecule has 3 aromatic rings. The van der Waals surface area contributed by atoms with Crippen LogP contribution in [0.25, 0.3) is 0 Å². The molecule has 0 aliphatic carbocycles. The smallest absolute Gasteiger partial charge is 0.257 e. The van der Waals surface area contributed by atoms with E-state index in [9.17, 15) is 9.59 Å². The van der Waals surface area contributed by atoms with Crippen LogP contribution < -0.4 is 20.1 Å². The Morgan fingerprint density at radius 3 is 2.34 bits per heavy atom. The standard InChI is InChI=1S/C20H20N4O4S/c1-12(25)21-15-7-5-14(6-8-15)19(26)22-20-24-23-18(29-20)11-13-4-9-16(27-2)17(10-13)28-3/h4-10H,11H2,1-3H3,(H,21,25)(H,22,24,26). The highest BCUT2D eigenvalue weighted by Gasteiger charge is 2.12. The summed E-state index contributed by atoms with van der Waals surface area (Å²) in [4.78, 5) is 23.4. The quantitative estimate of drug-likeness (QED) is 0.617. The molecule has 8 nitrogen and oxygen atoms in total. The van der Waals surface area contributed by atoms with Gasteiger partial charge in [0, 0.05) is 24.6 Å². The first-order chi connectivity index (χ1) is 14.0. The Morgan fingerprint density at radius 1 is 0.966 bits per heavy atom. The van der Waals surface area contributed by atoms with Crippen LogP contribution in [0.3, 0.4) is 0 Å². The fraction of sp³-hybridized carbons (Fsp3) is 0.200. The maximum Gasteiger partial charge on any atom is 0.257 e. The maximum absolute atomic E-state index is 12.4. The Balaban J connectivity index is 1.64. The number of amides is 2. The molecule has 1 aromatic heterocycles. The predicted molar refractivity (Wildman–Crippen MR) is 111 cm³/mol. The number of carbonyl (C=O) groups is 2. The molecule has 0 atom stereocenters. The van der Waals surface area contributed by atoms with Gasteiger partial charge in [0.25, 0.3) is 5.91 Å². The van der Waals surface area contributed by atoms with Gasteiger partial charge in [-0.3, -0.25) is 14.9 Å². The fourth-order valence-electron chi connectivity index (χ4n) is 2.62. The van der Waals surface area contributed by atoms with Crippen molar-refractivity contribution in [2.24, 2.45) is 0 Å². The van der Waals surface area contributed by atoms with Crippen molar-refractivity contribution in [1.29, 1.82) is 0 Å². The number of ether oxygens (including phenoxy) is 2. The van der Waals surface area contributed by atoms with Crippen LogP contribution in [0.5, 0.6) is 11.5 Å². The molecule has 0 saturated carbocycles. The van der Waals surface area contributed by atoms with E-state index in [2.05, 4.69) is 20.8 Å². The lowest BCUT2D eigenvalue weighted by molar-refractivity contribution is -0.114. The van der Waals surface area contributed by atoms with Crippen LogP contribution in [0.15, 0.2) is 42.5 Å². The second-order valence-electron chi connectivity index (χ2n) is 6.08. The van der Waals surface area contributed by atoms with Crippen molar-refractivity contribution in [1.82, 2.24) is 10.2 Å². The van der Waals surface area contributed by atoms with Crippen molar-refractivity contribution in [2.45, 2.75) is 13.3 Å². The number of nitrogens with zero attached hydrogens (tertiary/aromatic N) is 2. The summed E-state index contributed by atoms with van der Waals surface area (Å²) in [5.41, 5.74) is 2.07. The van der Waals surface area contributed by atoms with Crippen LogP contribution in [-0.2, 0) is 11.2 Å². The molecule has 0 saturated heterocycles. The molecule has 0 bridgehead atoms. The zero-order valence-electron chi connectivity index (χ0n) is 16.2. The molecule has 3 rings (SSSR count). The number of methoxy groups -OCH3 is 2. The number of benzene rings is 2. The number of hydrogen-bond donors (Lipinski definition) is 2. The molecule has 0 aliphatic heterocycles. The summed E-state index contributed by atoms with van der Waals surface area (Å²) < 4.78 is 10.6. The molecule has 0 unspecified atom stereocenters. The first-order valence-electron chi connectivity index (χ1n) is 8.70. The van der Waals surface area contributed by atoms with Crippen LogP contribution in [0.1, 0.15) is 27.9 Å². The van der Waals surface area contributed by atoms with E-state index in [-0.39, 0.29) is 11.8 Å². The second kappa shape index (κ2) is 9.16. The van der Waals surface area contributed by atoms with E-state index in [4.69, 9.17) is 9.47 Å². The molecule has 2 amide bonds. The van der Waals surface area contributed by atoms with Crippen molar-refractivity contribution in [2.75, 3.05) is 24.9 Å². The highest BCUT2D eigenvalue weighted by atomic mass is 32.1. The Bertz CT molecular complexity index is 1020. The summed E-state index contributed by atoms with van der Waals surface area (Å²) in [6, 6.07) is 12.2. The molecule has 0 radical (unpaired) electrons. The molecule has 0 aliphatic rings. The molecular formula is C20H20N4O4S. The van der Waals surface area contributed by atoms with Gasteiger partial charge in [0.2, 0.25) is 11.0 Å². The van der Waals surface area contributed by atoms with Gasteiger partial charge < -0.3 is 14.8 Å². The van der Waals surface area contributed by atoms with Crippen molar-refractivity contribution in [3.63, 3.8) is 0 Å². The zero-order valence-corrected chi connectivity index (χ0v) is 17.0. The normalized spacial score (nSPS) is 10.3. The molecule has 2 aromatic carbocycles. The molecule has 0 spiro atoms. The lowest BCUT2D eigenvalue weighted by atomic mass is 10.1. The maximum atomic E-state index is 12.4. The van der Waals surface area contributed by atoms with Crippen LogP contribution >= 0.6 is 11.3 Å². The van der Waals surface area contributed by atoms with Gasteiger partial charge >= 0.3 is 0 Å². The zero-order chi connectivity index (χ0) is 20.8. The minimum Gasteiger partial charge on any atom is -0.493 e. The van der Waals surface area contributed by atoms with Crippen LogP contribution in [0.4, 0.5) is 10.8 Å². The minimum atomic E-state index is -0.298. The van der Waals surface area contributed by atoms with Crippen LogP contribution in [0.2, 0.25) is 0 Å². The SMILES string of the molecule is COc1ccc(Cc2nnc(NC(=O)c3ccc(NC(C)=O)cc3)s2)cc1OC. The number of aromatic nitrogens is 2. The third-order valence-corrected chi connectivity index (χ3v) is 4.80. The summed E-state index contributed by atoms with van der Waals surface area (Å²) >= 11 is 1.30. The summed E-state index contributed by atoms with van der Waals surface area (Å²) in [6.07, 6.45) is 0.555. The molecule has 29 heavy (non-hydrogen) atoms. The number of carbonyl (C=O) groups excluding carboxylic acids is 2. The van der Waals surface area contributed by atoms with Gasteiger partial charge in [-0.1, -0.05) is 17.4 Å². The van der Waals surface area contributed by atoms with Crippen molar-refractivity contribution < 1.29 is 19.1 Å². The van der Waals surface area contributed by atoms with E-state index < -0.39 is 0 Å². The molecular weight excluding hydrogens is 392 g/mol. The average molecular weight is 412 g/mol. The van der Waals surface area contributed by atoms with E-state index in [1.54, 1.807) is 38.5 Å². The summed E-state index contributed by atoms with van der Waals surface area (Å²) in [5.74, 6) is 0.836. The van der Waals surface area contributed by atoms with E-state index in [1.807, 2.05) is 18.2 Å². The summed E-state index contributed by atoms with van der Waals surface area (Å²) in [6.45, 7) is 1.43. The van der Waals surface area contributed by atoms with Gasteiger partial charge in [0.05, 0.1) is 14.2 Å². The minimum absolute atomic E-state index is 0.168. The van der Waals surface area contributed by atoms with Gasteiger partial charge in [-0.05, 0) is 42.0 Å². The van der Waals surface area contributed by atoms with Gasteiger partial charge in [0.15, 0.2) is 11.5 Å². The molecule has 150 valence electrons. The summed E-state index contributed by atoms with van der Waals surface area (Å²) in [5, 5.41) is 14.7. The van der Waals surface area contributed by atoms with Crippen LogP contribution in [0, 0.1) is 0 Å². The second-order valence-corrected chi connectivity index (χ2v) is 7.14. The van der Waals surface area contributed by atoms with Crippen molar-refractivity contribution in [3.8, 4) is 11.5 Å². The van der Waals surface area contributed by atoms with E-state index in [0.29, 0.717) is 34.3 Å². The summed E-state index contributed by atoms with van der Waals surface area (Å²) in [7, 11) is 3.17. The molecule has 9 heteroatoms. The highest BCUT2D eigenvalue weighted by Crippen LogP contribution is 2.29. The number of nitrogens with one attached hydrogen (secondary N) is 2. The van der Waals surface area contributed by atoms with Gasteiger partial charge in [-0.2, -0.15) is 0 Å². The lowest BCUT2D eigenvalue weighted by Crippen LogP contribution is -2.12. The monoisotopic (exact) mass is 412 g/mol. The fourth-order valence-corrected chi connectivity index (χ4v) is 3.39. The molecule has 0 fully saturated rings. The van der Waals surface area contributed by atoms with E-state index in [1.165, 1.54) is 18.3 Å². The Labute approximate surface area is 171 Å². The molecule has 2 N–H and O–H groups in total. The van der Waals surface area contributed by atoms with Crippen molar-refractivity contribution in [3.05, 3.63) is 58.6 Å². The van der Waals surface area contributed by atoms with Gasteiger partial charge in [0.1, 0.15) is 5.01 Å². The lowest BCUT2D eigenvalue weighted by Gasteiger charge is -2.08. The third kappa shape index (κ3) is 5.29. The predicted octanol–water partition coefficient (Wildman–Crippen LogP) is 3.36. The van der Waals surface area contributed by atoms with Crippen molar-refractivity contribution >= 4 is 34.0 Å². The first-order valence-corrected chi connectivity index (χ1v) is 9.52. The third-order valence-electron chi connectivity index (χ3n) is 3.96. The number of hydrogen-bond acceptors (Lipinski definition) is 7. The number of rotatable bonds is 7. The van der Waals surface area contributed by atoms with E-state index in [0.717, 1.165) is 10.6 Å². The molecule has 1 heterocycles. The Morgan fingerprint density at radius 2 is 1.69 bits per heavy atom. The van der Waals surface area contributed by atoms with Gasteiger partial charge in [-0.25, -0.2) is 0 Å². The average Bonchev–Trinajstić information content (AvgIpc) is 3.14. The largest absolute Gasteiger partial charge is 0.493 e. The number of anilines is 2.